The third-order valence-corrected chi connectivity index (χ3v) is 5.42. The summed E-state index contributed by atoms with van der Waals surface area (Å²) in [5, 5.41) is 0.523. The summed E-state index contributed by atoms with van der Waals surface area (Å²) in [5.41, 5.74) is 9.31. The van der Waals surface area contributed by atoms with E-state index in [1.807, 2.05) is 31.2 Å². The van der Waals surface area contributed by atoms with Crippen LogP contribution < -0.4 is 15.2 Å². The molecule has 8 heteroatoms. The van der Waals surface area contributed by atoms with Crippen molar-refractivity contribution in [2.24, 2.45) is 0 Å². The number of nitrogen functional groups attached to an aromatic ring is 1. The molecule has 0 unspecified atom stereocenters. The van der Waals surface area contributed by atoms with Crippen molar-refractivity contribution >= 4 is 37.8 Å². The van der Waals surface area contributed by atoms with Crippen LogP contribution in [-0.4, -0.2) is 32.7 Å². The van der Waals surface area contributed by atoms with Crippen LogP contribution in [0, 0.1) is 0 Å². The van der Waals surface area contributed by atoms with Gasteiger partial charge in [-0.3, -0.25) is 0 Å². The van der Waals surface area contributed by atoms with Crippen molar-refractivity contribution in [2.75, 3.05) is 18.9 Å². The van der Waals surface area contributed by atoms with Gasteiger partial charge in [0.15, 0.2) is 11.0 Å². The summed E-state index contributed by atoms with van der Waals surface area (Å²) in [4.78, 5) is 14.8. The molecule has 4 heterocycles. The second-order valence-corrected chi connectivity index (χ2v) is 7.45. The second-order valence-electron chi connectivity index (χ2n) is 6.44. The molecule has 2 N–H and O–H groups in total. The summed E-state index contributed by atoms with van der Waals surface area (Å²) in [7, 11) is 0. The number of imidazole rings is 1. The molecule has 0 aliphatic carbocycles. The maximum Gasteiger partial charge on any atom is 0.182 e. The van der Waals surface area contributed by atoms with Crippen molar-refractivity contribution in [1.29, 1.82) is 0 Å². The zero-order valence-corrected chi connectivity index (χ0v) is 15.8. The molecule has 138 valence electrons. The van der Waals surface area contributed by atoms with Crippen LogP contribution in [-0.2, 0) is 6.54 Å². The Morgan fingerprint density at radius 3 is 3.00 bits per heavy atom. The number of hydrogen-bond donors (Lipinski definition) is 1. The van der Waals surface area contributed by atoms with E-state index in [2.05, 4.69) is 9.55 Å². The minimum absolute atomic E-state index is 0.523. The Balaban J connectivity index is 1.74. The molecule has 0 atom stereocenters. The molecule has 1 aromatic carbocycles. The minimum atomic E-state index is 0.523. The van der Waals surface area contributed by atoms with E-state index in [0.717, 1.165) is 63.8 Å². The van der Waals surface area contributed by atoms with E-state index in [4.69, 9.17) is 25.2 Å². The standard InChI is InChI=1S/C19H19N5O2S/c1-2-25-11-9-14-16-15(10-11)26-8-4-3-7-24(16)17(21-14)12-5-6-13-18(22-12)27-19(20)23-13/h5-6,9-10H,2-4,7-8H2,1H3,(H2,20,23). The summed E-state index contributed by atoms with van der Waals surface area (Å²) in [6, 6.07) is 7.83. The number of fused-ring (bicyclic) bond motifs is 1. The van der Waals surface area contributed by atoms with Gasteiger partial charge in [0.25, 0.3) is 0 Å². The summed E-state index contributed by atoms with van der Waals surface area (Å²) < 4.78 is 13.9. The third kappa shape index (κ3) is 2.76. The Hall–Kier alpha value is -2.87. The first-order chi connectivity index (χ1) is 13.2. The van der Waals surface area contributed by atoms with E-state index < -0.39 is 0 Å². The molecule has 0 bridgehead atoms. The quantitative estimate of drug-likeness (QED) is 0.580. The summed E-state index contributed by atoms with van der Waals surface area (Å²) in [5.74, 6) is 2.42. The van der Waals surface area contributed by atoms with Gasteiger partial charge in [0.05, 0.1) is 18.7 Å². The number of benzene rings is 1. The highest BCUT2D eigenvalue weighted by Gasteiger charge is 2.21. The van der Waals surface area contributed by atoms with Gasteiger partial charge in [-0.15, -0.1) is 0 Å². The Morgan fingerprint density at radius 2 is 2.11 bits per heavy atom. The molecule has 27 heavy (non-hydrogen) atoms. The fourth-order valence-corrected chi connectivity index (χ4v) is 4.20. The number of nitrogens with two attached hydrogens (primary N) is 1. The molecule has 0 amide bonds. The first-order valence-corrected chi connectivity index (χ1v) is 9.88. The lowest BCUT2D eigenvalue weighted by Crippen LogP contribution is -2.09. The average Bonchev–Trinajstić information content (AvgIpc) is 3.18. The van der Waals surface area contributed by atoms with Gasteiger partial charge in [0.1, 0.15) is 33.1 Å². The van der Waals surface area contributed by atoms with Crippen molar-refractivity contribution in [1.82, 2.24) is 19.5 Å². The molecule has 1 aliphatic heterocycles. The summed E-state index contributed by atoms with van der Waals surface area (Å²) in [6.07, 6.45) is 2.02. The number of pyridine rings is 1. The van der Waals surface area contributed by atoms with Crippen LogP contribution in [0.1, 0.15) is 19.8 Å². The lowest BCUT2D eigenvalue weighted by Gasteiger charge is -2.16. The molecule has 0 saturated carbocycles. The topological polar surface area (TPSA) is 88.1 Å². The van der Waals surface area contributed by atoms with Gasteiger partial charge in [0.2, 0.25) is 0 Å². The van der Waals surface area contributed by atoms with Crippen LogP contribution in [0.25, 0.3) is 32.9 Å². The SMILES string of the molecule is CCOc1cc2c3c(c1)nc(-c1ccc4nc(N)sc4n1)n3CCCCO2. The highest BCUT2D eigenvalue weighted by atomic mass is 32.1. The van der Waals surface area contributed by atoms with Gasteiger partial charge in [-0.25, -0.2) is 15.0 Å². The lowest BCUT2D eigenvalue weighted by molar-refractivity contribution is 0.294. The van der Waals surface area contributed by atoms with E-state index in [1.54, 1.807) is 0 Å². The highest BCUT2D eigenvalue weighted by molar-refractivity contribution is 7.21. The number of aryl methyl sites for hydroxylation is 1. The number of rotatable bonds is 3. The molecule has 0 saturated heterocycles. The van der Waals surface area contributed by atoms with Gasteiger partial charge >= 0.3 is 0 Å². The van der Waals surface area contributed by atoms with Crippen molar-refractivity contribution in [3.05, 3.63) is 24.3 Å². The molecule has 4 aromatic rings. The predicted molar refractivity (Wildman–Crippen MR) is 106 cm³/mol. The fraction of sp³-hybridized carbons (Fsp3) is 0.316. The van der Waals surface area contributed by atoms with Gasteiger partial charge in [0, 0.05) is 18.7 Å². The zero-order valence-electron chi connectivity index (χ0n) is 14.9. The van der Waals surface area contributed by atoms with E-state index >= 15 is 0 Å². The van der Waals surface area contributed by atoms with Crippen molar-refractivity contribution in [3.8, 4) is 23.0 Å². The number of anilines is 1. The van der Waals surface area contributed by atoms with Gasteiger partial charge in [-0.05, 0) is 31.9 Å². The summed E-state index contributed by atoms with van der Waals surface area (Å²) >= 11 is 1.39. The average molecular weight is 381 g/mol. The van der Waals surface area contributed by atoms with E-state index in [9.17, 15) is 0 Å². The highest BCUT2D eigenvalue weighted by Crippen LogP contribution is 2.36. The molecule has 0 spiro atoms. The molecule has 3 aromatic heterocycles. The van der Waals surface area contributed by atoms with Gasteiger partial charge in [-0.2, -0.15) is 0 Å². The first-order valence-electron chi connectivity index (χ1n) is 9.06. The third-order valence-electron chi connectivity index (χ3n) is 4.63. The maximum atomic E-state index is 6.02. The second kappa shape index (κ2) is 6.38. The van der Waals surface area contributed by atoms with Crippen LogP contribution in [0.15, 0.2) is 24.3 Å². The smallest absolute Gasteiger partial charge is 0.182 e. The van der Waals surface area contributed by atoms with Gasteiger partial charge in [-0.1, -0.05) is 11.3 Å². The van der Waals surface area contributed by atoms with Crippen LogP contribution in [0.2, 0.25) is 0 Å². The largest absolute Gasteiger partial charge is 0.494 e. The van der Waals surface area contributed by atoms with Crippen molar-refractivity contribution in [2.45, 2.75) is 26.3 Å². The molecular formula is C19H19N5O2S. The maximum absolute atomic E-state index is 6.02. The predicted octanol–water partition coefficient (Wildman–Crippen LogP) is 3.86. The number of aromatic nitrogens is 4. The summed E-state index contributed by atoms with van der Waals surface area (Å²) in [6.45, 7) is 4.15. The number of nitrogens with zero attached hydrogens (tertiary/aromatic N) is 4. The molecule has 1 aliphatic rings. The molecular weight excluding hydrogens is 362 g/mol. The van der Waals surface area contributed by atoms with E-state index in [1.165, 1.54) is 11.3 Å². The van der Waals surface area contributed by atoms with Crippen LogP contribution in [0.3, 0.4) is 0 Å². The number of thiazole rings is 1. The number of hydrogen-bond acceptors (Lipinski definition) is 7. The normalized spacial score (nSPS) is 14.1. The zero-order chi connectivity index (χ0) is 18.4. The Kier molecular flexibility index (Phi) is 3.86. The van der Waals surface area contributed by atoms with Crippen LogP contribution >= 0.6 is 11.3 Å². The van der Waals surface area contributed by atoms with Gasteiger partial charge < -0.3 is 19.8 Å². The van der Waals surface area contributed by atoms with Crippen molar-refractivity contribution in [3.63, 3.8) is 0 Å². The Bertz CT molecular complexity index is 1150. The van der Waals surface area contributed by atoms with E-state index in [0.29, 0.717) is 18.3 Å². The lowest BCUT2D eigenvalue weighted by atomic mass is 10.2. The number of ether oxygens (including phenoxy) is 2. The molecule has 0 fully saturated rings. The fourth-order valence-electron chi connectivity index (χ4n) is 3.49. The molecule has 7 nitrogen and oxygen atoms in total. The first kappa shape index (κ1) is 16.3. The van der Waals surface area contributed by atoms with Crippen LogP contribution in [0.4, 0.5) is 5.13 Å². The molecule has 0 radical (unpaired) electrons. The van der Waals surface area contributed by atoms with E-state index in [-0.39, 0.29) is 0 Å². The van der Waals surface area contributed by atoms with Crippen molar-refractivity contribution < 1.29 is 9.47 Å². The minimum Gasteiger partial charge on any atom is -0.494 e. The molecule has 5 rings (SSSR count). The Labute approximate surface area is 159 Å². The Morgan fingerprint density at radius 1 is 1.19 bits per heavy atom. The monoisotopic (exact) mass is 381 g/mol. The van der Waals surface area contributed by atoms with Crippen LogP contribution in [0.5, 0.6) is 11.5 Å².